The number of rotatable bonds is 9. The van der Waals surface area contributed by atoms with Crippen molar-refractivity contribution in [3.8, 4) is 0 Å². The second-order valence-corrected chi connectivity index (χ2v) is 4.85. The molecule has 1 aromatic rings. The zero-order chi connectivity index (χ0) is 13.2. The van der Waals surface area contributed by atoms with Crippen molar-refractivity contribution in [1.29, 1.82) is 0 Å². The van der Waals surface area contributed by atoms with Gasteiger partial charge in [0.1, 0.15) is 0 Å². The third-order valence-corrected chi connectivity index (χ3v) is 3.42. The molecular formula is C16H27NO. The number of nitrogens with one attached hydrogen (secondary N) is 1. The van der Waals surface area contributed by atoms with E-state index in [1.165, 1.54) is 24.0 Å². The topological polar surface area (TPSA) is 21.3 Å². The molecule has 0 aliphatic carbocycles. The van der Waals surface area contributed by atoms with Gasteiger partial charge in [0.15, 0.2) is 0 Å². The Balaban J connectivity index is 2.57. The molecule has 1 rings (SSSR count). The minimum absolute atomic E-state index is 0.628. The van der Waals surface area contributed by atoms with Crippen LogP contribution >= 0.6 is 0 Å². The van der Waals surface area contributed by atoms with Gasteiger partial charge in [-0.25, -0.2) is 0 Å². The van der Waals surface area contributed by atoms with Crippen molar-refractivity contribution < 1.29 is 4.74 Å². The van der Waals surface area contributed by atoms with E-state index >= 15 is 0 Å². The zero-order valence-corrected chi connectivity index (χ0v) is 12.0. The van der Waals surface area contributed by atoms with Gasteiger partial charge >= 0.3 is 0 Å². The molecule has 0 amide bonds. The molecule has 2 heteroatoms. The summed E-state index contributed by atoms with van der Waals surface area (Å²) in [5.74, 6) is 0.628. The number of methoxy groups -OCH3 is 1. The first-order chi connectivity index (χ1) is 8.79. The van der Waals surface area contributed by atoms with Crippen LogP contribution in [0.3, 0.4) is 0 Å². The average Bonchev–Trinajstić information content (AvgIpc) is 2.39. The van der Waals surface area contributed by atoms with E-state index in [4.69, 9.17) is 4.74 Å². The lowest BCUT2D eigenvalue weighted by Gasteiger charge is -2.19. The smallest absolute Gasteiger partial charge is 0.0462 e. The molecule has 0 saturated heterocycles. The molecule has 0 bridgehead atoms. The normalized spacial score (nSPS) is 12.6. The third kappa shape index (κ3) is 5.19. The highest BCUT2D eigenvalue weighted by molar-refractivity contribution is 5.29. The van der Waals surface area contributed by atoms with Gasteiger partial charge in [0.05, 0.1) is 0 Å². The minimum Gasteiger partial charge on any atom is -0.385 e. The third-order valence-electron chi connectivity index (χ3n) is 3.42. The summed E-state index contributed by atoms with van der Waals surface area (Å²) >= 11 is 0. The van der Waals surface area contributed by atoms with Gasteiger partial charge in [-0.3, -0.25) is 0 Å². The fraction of sp³-hybridized carbons (Fsp3) is 0.625. The lowest BCUT2D eigenvalue weighted by atomic mass is 9.90. The van der Waals surface area contributed by atoms with Crippen molar-refractivity contribution in [3.05, 3.63) is 35.4 Å². The van der Waals surface area contributed by atoms with Crippen molar-refractivity contribution >= 4 is 0 Å². The van der Waals surface area contributed by atoms with Crippen LogP contribution in [0.15, 0.2) is 24.3 Å². The monoisotopic (exact) mass is 249 g/mol. The van der Waals surface area contributed by atoms with Crippen molar-refractivity contribution in [3.63, 3.8) is 0 Å². The van der Waals surface area contributed by atoms with E-state index in [1.807, 2.05) is 0 Å². The Bertz CT molecular complexity index is 325. The van der Waals surface area contributed by atoms with Crippen LogP contribution in [0.25, 0.3) is 0 Å². The van der Waals surface area contributed by atoms with Crippen molar-refractivity contribution in [1.82, 2.24) is 5.32 Å². The van der Waals surface area contributed by atoms with Gasteiger partial charge in [-0.15, -0.1) is 0 Å². The standard InChI is InChI=1S/C16H27NO/c1-4-17-13-15(10-7-8-12-18-3)16-11-6-5-9-14(16)2/h5-6,9,11,15,17H,4,7-8,10,12-13H2,1-3H3. The number of hydrogen-bond donors (Lipinski definition) is 1. The van der Waals surface area contributed by atoms with E-state index in [9.17, 15) is 0 Å². The average molecular weight is 249 g/mol. The second-order valence-electron chi connectivity index (χ2n) is 4.85. The van der Waals surface area contributed by atoms with E-state index < -0.39 is 0 Å². The highest BCUT2D eigenvalue weighted by Gasteiger charge is 2.12. The molecule has 0 fully saturated rings. The van der Waals surface area contributed by atoms with E-state index in [0.717, 1.165) is 26.1 Å². The van der Waals surface area contributed by atoms with E-state index in [1.54, 1.807) is 7.11 Å². The van der Waals surface area contributed by atoms with Crippen LogP contribution in [0.4, 0.5) is 0 Å². The van der Waals surface area contributed by atoms with Gasteiger partial charge in [-0.1, -0.05) is 37.6 Å². The van der Waals surface area contributed by atoms with Crippen molar-refractivity contribution in [2.75, 3.05) is 26.8 Å². The summed E-state index contributed by atoms with van der Waals surface area (Å²) in [6.07, 6.45) is 3.63. The highest BCUT2D eigenvalue weighted by Crippen LogP contribution is 2.24. The Morgan fingerprint density at radius 3 is 2.67 bits per heavy atom. The molecule has 0 saturated carbocycles. The van der Waals surface area contributed by atoms with Crippen LogP contribution in [0.1, 0.15) is 43.2 Å². The lowest BCUT2D eigenvalue weighted by Crippen LogP contribution is -2.21. The molecule has 1 N–H and O–H groups in total. The summed E-state index contributed by atoms with van der Waals surface area (Å²) in [5, 5.41) is 3.48. The van der Waals surface area contributed by atoms with Crippen LogP contribution in [0.5, 0.6) is 0 Å². The van der Waals surface area contributed by atoms with Gasteiger partial charge in [0.25, 0.3) is 0 Å². The Morgan fingerprint density at radius 2 is 2.00 bits per heavy atom. The first-order valence-corrected chi connectivity index (χ1v) is 7.04. The summed E-state index contributed by atoms with van der Waals surface area (Å²) in [7, 11) is 1.78. The molecular weight excluding hydrogens is 222 g/mol. The molecule has 0 heterocycles. The zero-order valence-electron chi connectivity index (χ0n) is 12.0. The van der Waals surface area contributed by atoms with Crippen LogP contribution in [-0.4, -0.2) is 26.8 Å². The molecule has 1 atom stereocenters. The van der Waals surface area contributed by atoms with Crippen molar-refractivity contribution in [2.24, 2.45) is 0 Å². The summed E-state index contributed by atoms with van der Waals surface area (Å²) < 4.78 is 5.12. The molecule has 0 radical (unpaired) electrons. The Labute approximate surface area is 112 Å². The summed E-state index contributed by atoms with van der Waals surface area (Å²) in [5.41, 5.74) is 2.91. The van der Waals surface area contributed by atoms with Gasteiger partial charge in [-0.2, -0.15) is 0 Å². The minimum atomic E-state index is 0.628. The molecule has 0 aromatic heterocycles. The molecule has 0 aliphatic heterocycles. The quantitative estimate of drug-likeness (QED) is 0.676. The molecule has 0 spiro atoms. The summed E-state index contributed by atoms with van der Waals surface area (Å²) in [6, 6.07) is 8.75. The number of aryl methyl sites for hydroxylation is 1. The maximum Gasteiger partial charge on any atom is 0.0462 e. The molecule has 1 aromatic carbocycles. The molecule has 2 nitrogen and oxygen atoms in total. The predicted molar refractivity (Wildman–Crippen MR) is 78.2 cm³/mol. The van der Waals surface area contributed by atoms with Gasteiger partial charge in [-0.05, 0) is 43.4 Å². The lowest BCUT2D eigenvalue weighted by molar-refractivity contribution is 0.191. The maximum atomic E-state index is 5.12. The number of benzene rings is 1. The fourth-order valence-electron chi connectivity index (χ4n) is 2.37. The van der Waals surface area contributed by atoms with Crippen LogP contribution in [-0.2, 0) is 4.74 Å². The highest BCUT2D eigenvalue weighted by atomic mass is 16.5. The van der Waals surface area contributed by atoms with Crippen LogP contribution < -0.4 is 5.32 Å². The molecule has 1 unspecified atom stereocenters. The van der Waals surface area contributed by atoms with Crippen molar-refractivity contribution in [2.45, 2.75) is 39.0 Å². The molecule has 18 heavy (non-hydrogen) atoms. The van der Waals surface area contributed by atoms with Crippen LogP contribution in [0.2, 0.25) is 0 Å². The van der Waals surface area contributed by atoms with Crippen LogP contribution in [0, 0.1) is 6.92 Å². The van der Waals surface area contributed by atoms with Gasteiger partial charge < -0.3 is 10.1 Å². The molecule has 102 valence electrons. The first-order valence-electron chi connectivity index (χ1n) is 7.04. The van der Waals surface area contributed by atoms with E-state index in [2.05, 4.69) is 43.4 Å². The number of hydrogen-bond acceptors (Lipinski definition) is 2. The first kappa shape index (κ1) is 15.2. The van der Waals surface area contributed by atoms with Gasteiger partial charge in [0, 0.05) is 20.3 Å². The Morgan fingerprint density at radius 1 is 1.22 bits per heavy atom. The number of ether oxygens (including phenoxy) is 1. The van der Waals surface area contributed by atoms with Gasteiger partial charge in [0.2, 0.25) is 0 Å². The largest absolute Gasteiger partial charge is 0.385 e. The fourth-order valence-corrected chi connectivity index (χ4v) is 2.37. The second kappa shape index (κ2) is 9.12. The summed E-state index contributed by atoms with van der Waals surface area (Å²) in [4.78, 5) is 0. The van der Waals surface area contributed by atoms with E-state index in [0.29, 0.717) is 5.92 Å². The Hall–Kier alpha value is -0.860. The predicted octanol–water partition coefficient (Wildman–Crippen LogP) is 3.50. The molecule has 0 aliphatic rings. The number of likely N-dealkylation sites (N-methyl/N-ethyl adjacent to an activating group) is 1. The maximum absolute atomic E-state index is 5.12. The SMILES string of the molecule is CCNCC(CCCCOC)c1ccccc1C. The summed E-state index contributed by atoms with van der Waals surface area (Å²) in [6.45, 7) is 7.37. The number of unbranched alkanes of at least 4 members (excludes halogenated alkanes) is 1. The van der Waals surface area contributed by atoms with E-state index in [-0.39, 0.29) is 0 Å². The Kier molecular flexibility index (Phi) is 7.70.